The van der Waals surface area contributed by atoms with E-state index in [0.29, 0.717) is 18.8 Å². The Balaban J connectivity index is 2.10. The maximum Gasteiger partial charge on any atom is 0.163 e. The van der Waals surface area contributed by atoms with Crippen LogP contribution in [0.5, 0.6) is 0 Å². The molecule has 16 heavy (non-hydrogen) atoms. The molecule has 2 N–H and O–H groups in total. The Morgan fingerprint density at radius 1 is 1.50 bits per heavy atom. The van der Waals surface area contributed by atoms with Crippen LogP contribution in [-0.4, -0.2) is 35.5 Å². The monoisotopic (exact) mass is 221 g/mol. The van der Waals surface area contributed by atoms with Crippen molar-refractivity contribution in [2.45, 2.75) is 18.6 Å². The number of nitrogens with zero attached hydrogens (tertiary/aromatic N) is 4. The third kappa shape index (κ3) is 2.09. The van der Waals surface area contributed by atoms with Crippen molar-refractivity contribution < 1.29 is 4.39 Å². The largest absolute Gasteiger partial charge is 0.352 e. The minimum atomic E-state index is -1.04. The number of nitrogens with two attached hydrogens (primary N) is 1. The quantitative estimate of drug-likeness (QED) is 0.734. The van der Waals surface area contributed by atoms with Crippen LogP contribution in [0.3, 0.4) is 0 Å². The van der Waals surface area contributed by atoms with Crippen LogP contribution in [0.25, 0.3) is 0 Å². The Hall–Kier alpha value is -1.74. The summed E-state index contributed by atoms with van der Waals surface area (Å²) in [6, 6.07) is 4.75. The molecular formula is C10H12FN5. The zero-order valence-corrected chi connectivity index (χ0v) is 8.67. The van der Waals surface area contributed by atoms with Gasteiger partial charge in [0.25, 0.3) is 0 Å². The molecule has 6 heteroatoms. The zero-order chi connectivity index (χ0) is 11.5. The number of hydrogen-bond acceptors (Lipinski definition) is 5. The fraction of sp³-hybridized carbons (Fsp3) is 0.500. The average molecular weight is 221 g/mol. The summed E-state index contributed by atoms with van der Waals surface area (Å²) in [6.45, 7) is 0.907. The third-order valence-electron chi connectivity index (χ3n) is 2.68. The van der Waals surface area contributed by atoms with Crippen LogP contribution in [0.1, 0.15) is 12.1 Å². The molecule has 1 aromatic heterocycles. The molecule has 5 nitrogen and oxygen atoms in total. The predicted molar refractivity (Wildman–Crippen MR) is 56.4 cm³/mol. The molecule has 0 amide bonds. The standard InChI is InChI=1S/C10H12FN5/c11-8-6-16(4-3-9(8)13)10-2-1-7(5-12)14-15-10/h1-2,8-9H,3-4,6,13H2/t8-,9+/m1/s1. The second-order valence-electron chi connectivity index (χ2n) is 3.80. The van der Waals surface area contributed by atoms with Crippen molar-refractivity contribution in [3.8, 4) is 6.07 Å². The highest BCUT2D eigenvalue weighted by Gasteiger charge is 2.27. The highest BCUT2D eigenvalue weighted by atomic mass is 19.1. The first-order chi connectivity index (χ1) is 7.70. The van der Waals surface area contributed by atoms with E-state index in [4.69, 9.17) is 11.0 Å². The van der Waals surface area contributed by atoms with Gasteiger partial charge in [0, 0.05) is 12.6 Å². The molecule has 1 fully saturated rings. The number of rotatable bonds is 1. The topological polar surface area (TPSA) is 78.8 Å². The van der Waals surface area contributed by atoms with E-state index in [1.54, 1.807) is 17.0 Å². The highest BCUT2D eigenvalue weighted by molar-refractivity contribution is 5.39. The SMILES string of the molecule is N#Cc1ccc(N2CC[C@H](N)[C@H](F)C2)nn1. The van der Waals surface area contributed by atoms with Gasteiger partial charge in [0.05, 0.1) is 6.54 Å². The number of piperidine rings is 1. The number of hydrogen-bond donors (Lipinski definition) is 1. The lowest BCUT2D eigenvalue weighted by Crippen LogP contribution is -2.48. The number of anilines is 1. The first kappa shape index (κ1) is 10.8. The molecule has 1 aliphatic rings. The molecule has 2 atom stereocenters. The third-order valence-corrected chi connectivity index (χ3v) is 2.68. The van der Waals surface area contributed by atoms with Crippen LogP contribution >= 0.6 is 0 Å². The van der Waals surface area contributed by atoms with Gasteiger partial charge in [0.2, 0.25) is 0 Å². The van der Waals surface area contributed by atoms with E-state index in [2.05, 4.69) is 10.2 Å². The molecule has 0 saturated carbocycles. The predicted octanol–water partition coefficient (Wildman–Crippen LogP) is 0.224. The van der Waals surface area contributed by atoms with Crippen molar-refractivity contribution in [2.24, 2.45) is 5.73 Å². The summed E-state index contributed by atoms with van der Waals surface area (Å²) >= 11 is 0. The fourth-order valence-electron chi connectivity index (χ4n) is 1.68. The zero-order valence-electron chi connectivity index (χ0n) is 8.67. The van der Waals surface area contributed by atoms with Crippen molar-refractivity contribution >= 4 is 5.82 Å². The highest BCUT2D eigenvalue weighted by Crippen LogP contribution is 2.18. The van der Waals surface area contributed by atoms with Gasteiger partial charge in [0.15, 0.2) is 11.5 Å². The number of aromatic nitrogens is 2. The van der Waals surface area contributed by atoms with Gasteiger partial charge in [-0.2, -0.15) is 5.26 Å². The van der Waals surface area contributed by atoms with Crippen LogP contribution in [0.4, 0.5) is 10.2 Å². The summed E-state index contributed by atoms with van der Waals surface area (Å²) in [5.74, 6) is 0.591. The molecule has 1 saturated heterocycles. The second-order valence-corrected chi connectivity index (χ2v) is 3.80. The van der Waals surface area contributed by atoms with E-state index in [1.165, 1.54) is 0 Å². The molecule has 0 unspecified atom stereocenters. The Morgan fingerprint density at radius 3 is 2.88 bits per heavy atom. The van der Waals surface area contributed by atoms with E-state index < -0.39 is 6.17 Å². The van der Waals surface area contributed by atoms with Crippen molar-refractivity contribution in [3.63, 3.8) is 0 Å². The second kappa shape index (κ2) is 4.41. The number of nitriles is 1. The molecular weight excluding hydrogens is 209 g/mol. The molecule has 0 spiro atoms. The van der Waals surface area contributed by atoms with E-state index in [1.807, 2.05) is 6.07 Å². The lowest BCUT2D eigenvalue weighted by atomic mass is 10.0. The van der Waals surface area contributed by atoms with Crippen molar-refractivity contribution in [3.05, 3.63) is 17.8 Å². The summed E-state index contributed by atoms with van der Waals surface area (Å²) in [7, 11) is 0. The maximum atomic E-state index is 13.4. The minimum absolute atomic E-state index is 0.238. The van der Waals surface area contributed by atoms with Gasteiger partial charge in [-0.15, -0.1) is 10.2 Å². The summed E-state index contributed by atoms with van der Waals surface area (Å²) in [4.78, 5) is 1.79. The van der Waals surface area contributed by atoms with Crippen molar-refractivity contribution in [2.75, 3.05) is 18.0 Å². The molecule has 1 aromatic rings. The summed E-state index contributed by atoms with van der Waals surface area (Å²) in [6.07, 6.45) is -0.436. The Labute approximate surface area is 92.7 Å². The van der Waals surface area contributed by atoms with Gasteiger partial charge in [-0.05, 0) is 18.6 Å². The van der Waals surface area contributed by atoms with Crippen LogP contribution in [0.15, 0.2) is 12.1 Å². The van der Waals surface area contributed by atoms with Crippen molar-refractivity contribution in [1.29, 1.82) is 5.26 Å². The Morgan fingerprint density at radius 2 is 2.31 bits per heavy atom. The van der Waals surface area contributed by atoms with Gasteiger partial charge in [-0.1, -0.05) is 0 Å². The fourth-order valence-corrected chi connectivity index (χ4v) is 1.68. The number of alkyl halides is 1. The Kier molecular flexibility index (Phi) is 2.97. The van der Waals surface area contributed by atoms with E-state index >= 15 is 0 Å². The van der Waals surface area contributed by atoms with Crippen LogP contribution in [0, 0.1) is 11.3 Å². The first-order valence-corrected chi connectivity index (χ1v) is 5.09. The van der Waals surface area contributed by atoms with Gasteiger partial charge in [-0.25, -0.2) is 4.39 Å². The molecule has 84 valence electrons. The van der Waals surface area contributed by atoms with Crippen LogP contribution < -0.4 is 10.6 Å². The molecule has 0 aliphatic carbocycles. The van der Waals surface area contributed by atoms with Crippen LogP contribution in [-0.2, 0) is 0 Å². The molecule has 2 rings (SSSR count). The normalized spacial score (nSPS) is 25.2. The molecule has 1 aliphatic heterocycles. The lowest BCUT2D eigenvalue weighted by Gasteiger charge is -2.33. The van der Waals surface area contributed by atoms with E-state index in [9.17, 15) is 4.39 Å². The first-order valence-electron chi connectivity index (χ1n) is 5.09. The minimum Gasteiger partial charge on any atom is -0.352 e. The van der Waals surface area contributed by atoms with Crippen molar-refractivity contribution in [1.82, 2.24) is 10.2 Å². The maximum absolute atomic E-state index is 13.4. The van der Waals surface area contributed by atoms with Crippen LogP contribution in [0.2, 0.25) is 0 Å². The number of halogens is 1. The smallest absolute Gasteiger partial charge is 0.163 e. The van der Waals surface area contributed by atoms with E-state index in [0.717, 1.165) is 0 Å². The molecule has 2 heterocycles. The van der Waals surface area contributed by atoms with Gasteiger partial charge in [-0.3, -0.25) is 0 Å². The molecule has 0 bridgehead atoms. The summed E-state index contributed by atoms with van der Waals surface area (Å²) in [5, 5.41) is 16.2. The molecule has 0 aromatic carbocycles. The Bertz CT molecular complexity index is 399. The lowest BCUT2D eigenvalue weighted by molar-refractivity contribution is 0.250. The molecule has 0 radical (unpaired) electrons. The van der Waals surface area contributed by atoms with Gasteiger partial charge >= 0.3 is 0 Å². The average Bonchev–Trinajstić information content (AvgIpc) is 2.33. The van der Waals surface area contributed by atoms with E-state index in [-0.39, 0.29) is 18.3 Å². The van der Waals surface area contributed by atoms with Gasteiger partial charge in [0.1, 0.15) is 12.2 Å². The summed E-state index contributed by atoms with van der Waals surface area (Å²) in [5.41, 5.74) is 5.84. The summed E-state index contributed by atoms with van der Waals surface area (Å²) < 4.78 is 13.4. The van der Waals surface area contributed by atoms with Gasteiger partial charge < -0.3 is 10.6 Å².